The largest absolute Gasteiger partial charge is 0.349 e. The Balaban J connectivity index is 1.27. The number of nitrogens with zero attached hydrogens (tertiary/aromatic N) is 7. The van der Waals surface area contributed by atoms with Gasteiger partial charge in [0.1, 0.15) is 17.5 Å². The summed E-state index contributed by atoms with van der Waals surface area (Å²) in [5, 5.41) is 4.43. The second-order valence-corrected chi connectivity index (χ2v) is 10.3. The van der Waals surface area contributed by atoms with Crippen molar-refractivity contribution in [2.24, 2.45) is 5.92 Å². The zero-order valence-electron chi connectivity index (χ0n) is 22.1. The lowest BCUT2D eigenvalue weighted by molar-refractivity contribution is 0.0643. The number of carbonyl (C=O) groups excluding carboxylic acids is 1. The van der Waals surface area contributed by atoms with E-state index in [0.717, 1.165) is 37.7 Å². The first-order chi connectivity index (χ1) is 18.9. The molecule has 0 bridgehead atoms. The van der Waals surface area contributed by atoms with E-state index in [2.05, 4.69) is 21.9 Å². The van der Waals surface area contributed by atoms with E-state index in [-0.39, 0.29) is 17.9 Å². The van der Waals surface area contributed by atoms with Crippen molar-refractivity contribution in [2.75, 3.05) is 44.2 Å². The number of halogens is 2. The molecule has 2 atom stereocenters. The Kier molecular flexibility index (Phi) is 6.72. The molecular formula is C29H31F2N7O. The van der Waals surface area contributed by atoms with E-state index in [1.807, 2.05) is 35.1 Å². The van der Waals surface area contributed by atoms with Crippen LogP contribution in [-0.2, 0) is 0 Å². The Morgan fingerprint density at radius 3 is 2.59 bits per heavy atom. The first-order valence-electron chi connectivity index (χ1n) is 13.5. The smallest absolute Gasteiger partial charge is 0.255 e. The van der Waals surface area contributed by atoms with Gasteiger partial charge in [0.2, 0.25) is 0 Å². The summed E-state index contributed by atoms with van der Waals surface area (Å²) in [6, 6.07) is 8.76. The fraction of sp³-hybridized carbons (Fsp3) is 0.379. The van der Waals surface area contributed by atoms with E-state index in [1.165, 1.54) is 12.1 Å². The fourth-order valence-corrected chi connectivity index (χ4v) is 5.75. The van der Waals surface area contributed by atoms with E-state index in [1.54, 1.807) is 23.0 Å². The Hall–Kier alpha value is -3.92. The van der Waals surface area contributed by atoms with E-state index < -0.39 is 11.6 Å². The number of pyridine rings is 1. The van der Waals surface area contributed by atoms with Gasteiger partial charge in [-0.2, -0.15) is 5.10 Å². The molecule has 1 amide bonds. The maximum atomic E-state index is 14.7. The van der Waals surface area contributed by atoms with Gasteiger partial charge in [-0.25, -0.2) is 18.3 Å². The summed E-state index contributed by atoms with van der Waals surface area (Å²) in [4.78, 5) is 28.7. The van der Waals surface area contributed by atoms with Gasteiger partial charge in [0.25, 0.3) is 5.91 Å². The van der Waals surface area contributed by atoms with Crippen LogP contribution < -0.4 is 4.90 Å². The van der Waals surface area contributed by atoms with Gasteiger partial charge in [0.15, 0.2) is 5.65 Å². The van der Waals surface area contributed by atoms with Crippen molar-refractivity contribution in [3.63, 3.8) is 0 Å². The van der Waals surface area contributed by atoms with Crippen LogP contribution in [0.1, 0.15) is 42.2 Å². The lowest BCUT2D eigenvalue weighted by Gasteiger charge is -2.34. The highest BCUT2D eigenvalue weighted by Crippen LogP contribution is 2.41. The molecule has 2 saturated heterocycles. The summed E-state index contributed by atoms with van der Waals surface area (Å²) in [7, 11) is 0. The molecule has 0 spiro atoms. The number of fused-ring (bicyclic) bond motifs is 1. The highest BCUT2D eigenvalue weighted by atomic mass is 19.1. The average molecular weight is 532 g/mol. The predicted molar refractivity (Wildman–Crippen MR) is 144 cm³/mol. The minimum Gasteiger partial charge on any atom is -0.349 e. The number of amides is 1. The molecule has 0 saturated carbocycles. The van der Waals surface area contributed by atoms with Crippen LogP contribution in [0.3, 0.4) is 0 Å². The number of rotatable bonds is 5. The van der Waals surface area contributed by atoms with Gasteiger partial charge < -0.3 is 14.7 Å². The molecule has 2 aliphatic heterocycles. The molecule has 6 rings (SSSR count). The van der Waals surface area contributed by atoms with Gasteiger partial charge in [-0.1, -0.05) is 13.8 Å². The Morgan fingerprint density at radius 2 is 1.85 bits per heavy atom. The predicted octanol–water partition coefficient (Wildman–Crippen LogP) is 4.43. The third-order valence-electron chi connectivity index (χ3n) is 8.02. The quantitative estimate of drug-likeness (QED) is 0.380. The molecule has 0 N–H and O–H groups in total. The highest BCUT2D eigenvalue weighted by Gasteiger charge is 2.35. The monoisotopic (exact) mass is 531 g/mol. The summed E-state index contributed by atoms with van der Waals surface area (Å²) in [6.45, 7) is 9.04. The third kappa shape index (κ3) is 4.73. The van der Waals surface area contributed by atoms with Gasteiger partial charge in [-0.15, -0.1) is 0 Å². The van der Waals surface area contributed by atoms with Crippen molar-refractivity contribution in [1.29, 1.82) is 0 Å². The van der Waals surface area contributed by atoms with Gasteiger partial charge in [0.05, 0.1) is 29.1 Å². The molecule has 2 fully saturated rings. The van der Waals surface area contributed by atoms with E-state index in [9.17, 15) is 13.6 Å². The summed E-state index contributed by atoms with van der Waals surface area (Å²) in [5.41, 5.74) is 2.89. The number of benzene rings is 1. The summed E-state index contributed by atoms with van der Waals surface area (Å²) >= 11 is 0. The summed E-state index contributed by atoms with van der Waals surface area (Å²) in [5.74, 6) is -0.0925. The molecule has 8 nitrogen and oxygen atoms in total. The number of hydrogen-bond acceptors (Lipinski definition) is 6. The molecule has 202 valence electrons. The highest BCUT2D eigenvalue weighted by molar-refractivity contribution is 5.94. The lowest BCUT2D eigenvalue weighted by Crippen LogP contribution is -2.48. The van der Waals surface area contributed by atoms with Crippen LogP contribution >= 0.6 is 0 Å². The topological polar surface area (TPSA) is 69.9 Å². The summed E-state index contributed by atoms with van der Waals surface area (Å²) < 4.78 is 30.5. The third-order valence-corrected chi connectivity index (χ3v) is 8.02. The Labute approximate surface area is 225 Å². The van der Waals surface area contributed by atoms with Crippen LogP contribution in [0.2, 0.25) is 0 Å². The molecule has 10 heteroatoms. The van der Waals surface area contributed by atoms with Crippen molar-refractivity contribution >= 4 is 17.4 Å². The first-order valence-corrected chi connectivity index (χ1v) is 13.5. The van der Waals surface area contributed by atoms with Crippen molar-refractivity contribution in [3.05, 3.63) is 77.8 Å². The van der Waals surface area contributed by atoms with Crippen LogP contribution in [0.15, 0.2) is 55.0 Å². The maximum absolute atomic E-state index is 14.7. The minimum atomic E-state index is -0.455. The number of likely N-dealkylation sites (N-methyl/N-ethyl adjacent to an activating group) is 1. The number of piperazine rings is 1. The number of carbonyl (C=O) groups is 1. The van der Waals surface area contributed by atoms with Crippen LogP contribution in [0, 0.1) is 17.6 Å². The molecule has 1 aromatic carbocycles. The average Bonchev–Trinajstić information content (AvgIpc) is 3.57. The van der Waals surface area contributed by atoms with Crippen LogP contribution in [0.25, 0.3) is 16.9 Å². The lowest BCUT2D eigenvalue weighted by atomic mass is 9.95. The zero-order valence-corrected chi connectivity index (χ0v) is 22.1. The van der Waals surface area contributed by atoms with Crippen molar-refractivity contribution in [1.82, 2.24) is 29.4 Å². The van der Waals surface area contributed by atoms with Crippen LogP contribution in [-0.4, -0.2) is 74.6 Å². The zero-order chi connectivity index (χ0) is 27.1. The standard InChI is InChI=1S/C29H31F2N7O/c1-3-35-12-14-36(15-13-35)29(39)20-4-7-25(32-17-20)23-18-33-38-11-9-26(34-28(23)38)37-10-8-19(2)27(37)22-16-21(30)5-6-24(22)31/h4-7,9,11,16-19,27H,3,8,10,12-15H2,1-2H3/t19-,27-/m1/s1. The van der Waals surface area contributed by atoms with Gasteiger partial charge in [-0.3, -0.25) is 9.78 Å². The van der Waals surface area contributed by atoms with Crippen molar-refractivity contribution in [2.45, 2.75) is 26.3 Å². The number of aromatic nitrogens is 4. The van der Waals surface area contributed by atoms with Crippen molar-refractivity contribution in [3.8, 4) is 11.3 Å². The molecule has 39 heavy (non-hydrogen) atoms. The first kappa shape index (κ1) is 25.4. The maximum Gasteiger partial charge on any atom is 0.255 e. The van der Waals surface area contributed by atoms with Crippen LogP contribution in [0.4, 0.5) is 14.6 Å². The molecule has 0 radical (unpaired) electrons. The normalized spacial score (nSPS) is 20.2. The van der Waals surface area contributed by atoms with E-state index in [4.69, 9.17) is 4.98 Å². The van der Waals surface area contributed by atoms with Gasteiger partial charge >= 0.3 is 0 Å². The van der Waals surface area contributed by atoms with Crippen molar-refractivity contribution < 1.29 is 13.6 Å². The minimum absolute atomic E-state index is 0.0103. The molecule has 0 aliphatic carbocycles. The molecule has 5 heterocycles. The van der Waals surface area contributed by atoms with Gasteiger partial charge in [0, 0.05) is 50.7 Å². The van der Waals surface area contributed by atoms with E-state index in [0.29, 0.717) is 47.9 Å². The molecule has 2 aliphatic rings. The molecule has 3 aromatic heterocycles. The Bertz CT molecular complexity index is 1500. The van der Waals surface area contributed by atoms with Crippen LogP contribution in [0.5, 0.6) is 0 Å². The van der Waals surface area contributed by atoms with E-state index >= 15 is 0 Å². The molecular weight excluding hydrogens is 500 g/mol. The fourth-order valence-electron chi connectivity index (χ4n) is 5.75. The summed E-state index contributed by atoms with van der Waals surface area (Å²) in [6.07, 6.45) is 5.97. The number of hydrogen-bond donors (Lipinski definition) is 0. The Morgan fingerprint density at radius 1 is 1.03 bits per heavy atom. The second-order valence-electron chi connectivity index (χ2n) is 10.3. The number of anilines is 1. The molecule has 4 aromatic rings. The second kappa shape index (κ2) is 10.3. The SMILES string of the molecule is CCN1CCN(C(=O)c2ccc(-c3cnn4ccc(N5CC[C@@H](C)[C@@H]5c5cc(F)ccc5F)nc34)nc2)CC1. The molecule has 0 unspecified atom stereocenters. The van der Waals surface area contributed by atoms with Gasteiger partial charge in [-0.05, 0) is 55.3 Å².